The van der Waals surface area contributed by atoms with Crippen molar-refractivity contribution in [2.24, 2.45) is 16.3 Å². The lowest BCUT2D eigenvalue weighted by atomic mass is 9.81. The number of nitrogens with zero attached hydrogens (tertiary/aromatic N) is 3. The maximum atomic E-state index is 12.1. The van der Waals surface area contributed by atoms with E-state index in [0.29, 0.717) is 19.8 Å². The Balaban J connectivity index is 1.97. The van der Waals surface area contributed by atoms with Gasteiger partial charge in [-0.1, -0.05) is 13.8 Å². The van der Waals surface area contributed by atoms with Gasteiger partial charge in [0.1, 0.15) is 0 Å². The van der Waals surface area contributed by atoms with Crippen molar-refractivity contribution in [3.05, 3.63) is 0 Å². The van der Waals surface area contributed by atoms with E-state index in [1.165, 1.54) is 0 Å². The number of aliphatic imine (C=N–C) groups is 1. The van der Waals surface area contributed by atoms with Gasteiger partial charge in [0.2, 0.25) is 5.91 Å². The number of piperazine rings is 1. The summed E-state index contributed by atoms with van der Waals surface area (Å²) in [4.78, 5) is 21.1. The lowest BCUT2D eigenvalue weighted by molar-refractivity contribution is -0.135. The molecule has 25 heavy (non-hydrogen) atoms. The Hall–Kier alpha value is -1.34. The molecule has 2 aliphatic rings. The minimum atomic E-state index is -0.158. The summed E-state index contributed by atoms with van der Waals surface area (Å²) in [6, 6.07) is 0. The smallest absolute Gasteiger partial charge is 0.225 e. The fourth-order valence-corrected chi connectivity index (χ4v) is 3.34. The summed E-state index contributed by atoms with van der Waals surface area (Å²) < 4.78 is 5.43. The number of amides is 1. The third-order valence-electron chi connectivity index (χ3n) is 5.17. The van der Waals surface area contributed by atoms with E-state index in [-0.39, 0.29) is 23.8 Å². The summed E-state index contributed by atoms with van der Waals surface area (Å²) in [5.41, 5.74) is -0.158. The highest BCUT2D eigenvalue weighted by Gasteiger charge is 2.32. The van der Waals surface area contributed by atoms with Crippen LogP contribution in [-0.4, -0.2) is 85.9 Å². The summed E-state index contributed by atoms with van der Waals surface area (Å²) in [5.74, 6) is 1.16. The largest absolute Gasteiger partial charge is 0.396 e. The number of nitrogens with one attached hydrogen (secondary N) is 1. The first-order valence-electron chi connectivity index (χ1n) is 9.52. The number of aliphatic hydroxyl groups is 1. The van der Waals surface area contributed by atoms with Gasteiger partial charge in [-0.15, -0.1) is 0 Å². The van der Waals surface area contributed by atoms with Crippen molar-refractivity contribution in [3.8, 4) is 0 Å². The molecule has 1 amide bonds. The normalized spacial score (nSPS) is 21.6. The zero-order chi connectivity index (χ0) is 18.3. The molecule has 7 heteroatoms. The van der Waals surface area contributed by atoms with Crippen LogP contribution in [0.25, 0.3) is 0 Å². The topological polar surface area (TPSA) is 77.4 Å². The van der Waals surface area contributed by atoms with Crippen LogP contribution < -0.4 is 5.32 Å². The maximum Gasteiger partial charge on any atom is 0.225 e. The van der Waals surface area contributed by atoms with Crippen LogP contribution in [0.3, 0.4) is 0 Å². The SMILES string of the molecule is CCNC(=NCC1(CO)CCOCC1)N1CCN(C(=O)C(C)C)CC1. The second-order valence-electron chi connectivity index (χ2n) is 7.41. The Bertz CT molecular complexity index is 453. The molecule has 0 radical (unpaired) electrons. The summed E-state index contributed by atoms with van der Waals surface area (Å²) in [7, 11) is 0. The second-order valence-corrected chi connectivity index (χ2v) is 7.41. The third-order valence-corrected chi connectivity index (χ3v) is 5.17. The lowest BCUT2D eigenvalue weighted by Gasteiger charge is -2.38. The zero-order valence-electron chi connectivity index (χ0n) is 16.0. The van der Waals surface area contributed by atoms with Crippen molar-refractivity contribution in [1.29, 1.82) is 0 Å². The van der Waals surface area contributed by atoms with Crippen molar-refractivity contribution in [2.75, 3.05) is 59.1 Å². The van der Waals surface area contributed by atoms with Crippen molar-refractivity contribution < 1.29 is 14.6 Å². The molecule has 0 aromatic carbocycles. The predicted octanol–water partition coefficient (Wildman–Crippen LogP) is 0.541. The Morgan fingerprint density at radius 3 is 2.32 bits per heavy atom. The van der Waals surface area contributed by atoms with Gasteiger partial charge in [0.15, 0.2) is 5.96 Å². The highest BCUT2D eigenvalue weighted by molar-refractivity contribution is 5.81. The van der Waals surface area contributed by atoms with Gasteiger partial charge in [-0.25, -0.2) is 0 Å². The number of hydrogen-bond donors (Lipinski definition) is 2. The van der Waals surface area contributed by atoms with Crippen molar-refractivity contribution in [2.45, 2.75) is 33.6 Å². The van der Waals surface area contributed by atoms with Crippen LogP contribution in [0.5, 0.6) is 0 Å². The van der Waals surface area contributed by atoms with E-state index >= 15 is 0 Å². The molecule has 7 nitrogen and oxygen atoms in total. The number of carbonyl (C=O) groups is 1. The van der Waals surface area contributed by atoms with Gasteiger partial charge in [-0.2, -0.15) is 0 Å². The monoisotopic (exact) mass is 354 g/mol. The summed E-state index contributed by atoms with van der Waals surface area (Å²) in [6.45, 7) is 12.0. The first-order chi connectivity index (χ1) is 12.0. The van der Waals surface area contributed by atoms with E-state index in [0.717, 1.165) is 51.5 Å². The van der Waals surface area contributed by atoms with Gasteiger partial charge in [0.05, 0.1) is 13.2 Å². The molecule has 0 spiro atoms. The molecule has 2 heterocycles. The molecule has 0 atom stereocenters. The molecule has 0 saturated carbocycles. The molecular formula is C18H34N4O3. The van der Waals surface area contributed by atoms with Crippen LogP contribution in [0, 0.1) is 11.3 Å². The third kappa shape index (κ3) is 5.31. The quantitative estimate of drug-likeness (QED) is 0.557. The van der Waals surface area contributed by atoms with E-state index in [2.05, 4.69) is 17.1 Å². The molecule has 2 fully saturated rings. The number of guanidine groups is 1. The average Bonchev–Trinajstić information content (AvgIpc) is 2.65. The zero-order valence-corrected chi connectivity index (χ0v) is 16.0. The van der Waals surface area contributed by atoms with Crippen LogP contribution in [-0.2, 0) is 9.53 Å². The highest BCUT2D eigenvalue weighted by Crippen LogP contribution is 2.30. The predicted molar refractivity (Wildman–Crippen MR) is 98.5 cm³/mol. The Morgan fingerprint density at radius 2 is 1.80 bits per heavy atom. The van der Waals surface area contributed by atoms with Crippen molar-refractivity contribution >= 4 is 11.9 Å². The molecule has 0 aromatic heterocycles. The fourth-order valence-electron chi connectivity index (χ4n) is 3.34. The molecule has 0 unspecified atom stereocenters. The number of hydrogen-bond acceptors (Lipinski definition) is 4. The molecule has 2 aliphatic heterocycles. The molecule has 0 bridgehead atoms. The van der Waals surface area contributed by atoms with Crippen LogP contribution in [0.1, 0.15) is 33.6 Å². The molecule has 144 valence electrons. The van der Waals surface area contributed by atoms with Crippen LogP contribution >= 0.6 is 0 Å². The lowest BCUT2D eigenvalue weighted by Crippen LogP contribution is -2.54. The average molecular weight is 354 g/mol. The van der Waals surface area contributed by atoms with Crippen molar-refractivity contribution in [1.82, 2.24) is 15.1 Å². The van der Waals surface area contributed by atoms with E-state index in [4.69, 9.17) is 9.73 Å². The number of ether oxygens (including phenoxy) is 1. The van der Waals surface area contributed by atoms with Crippen LogP contribution in [0.15, 0.2) is 4.99 Å². The van der Waals surface area contributed by atoms with E-state index < -0.39 is 0 Å². The molecular weight excluding hydrogens is 320 g/mol. The molecule has 0 aliphatic carbocycles. The van der Waals surface area contributed by atoms with Gasteiger partial charge in [-0.3, -0.25) is 9.79 Å². The Morgan fingerprint density at radius 1 is 1.20 bits per heavy atom. The number of aliphatic hydroxyl groups excluding tert-OH is 1. The van der Waals surface area contributed by atoms with Crippen LogP contribution in [0.4, 0.5) is 0 Å². The van der Waals surface area contributed by atoms with Gasteiger partial charge in [0, 0.05) is 57.3 Å². The van der Waals surface area contributed by atoms with Gasteiger partial charge in [0.25, 0.3) is 0 Å². The molecule has 2 saturated heterocycles. The summed E-state index contributed by atoms with van der Waals surface area (Å²) in [6.07, 6.45) is 1.70. The summed E-state index contributed by atoms with van der Waals surface area (Å²) >= 11 is 0. The number of carbonyl (C=O) groups excluding carboxylic acids is 1. The maximum absolute atomic E-state index is 12.1. The van der Waals surface area contributed by atoms with Gasteiger partial charge < -0.3 is 25.0 Å². The summed E-state index contributed by atoms with van der Waals surface area (Å²) in [5, 5.41) is 13.2. The minimum Gasteiger partial charge on any atom is -0.396 e. The standard InChI is InChI=1S/C18H34N4O3/c1-4-19-17(20-13-18(14-23)5-11-25-12-6-18)22-9-7-21(8-10-22)16(24)15(2)3/h15,23H,4-14H2,1-3H3,(H,19,20). The van der Waals surface area contributed by atoms with Gasteiger partial charge in [-0.05, 0) is 19.8 Å². The second kappa shape index (κ2) is 9.38. The van der Waals surface area contributed by atoms with E-state index in [1.807, 2.05) is 18.7 Å². The molecule has 2 N–H and O–H groups in total. The highest BCUT2D eigenvalue weighted by atomic mass is 16.5. The van der Waals surface area contributed by atoms with Gasteiger partial charge >= 0.3 is 0 Å². The van der Waals surface area contributed by atoms with Crippen LogP contribution in [0.2, 0.25) is 0 Å². The molecule has 2 rings (SSSR count). The fraction of sp³-hybridized carbons (Fsp3) is 0.889. The Labute approximate surface area is 151 Å². The Kier molecular flexibility index (Phi) is 7.50. The first-order valence-corrected chi connectivity index (χ1v) is 9.52. The first kappa shape index (κ1) is 20.0. The number of rotatable bonds is 5. The van der Waals surface area contributed by atoms with E-state index in [9.17, 15) is 9.90 Å². The molecule has 0 aromatic rings. The minimum absolute atomic E-state index is 0.0476. The van der Waals surface area contributed by atoms with E-state index in [1.54, 1.807) is 0 Å². The van der Waals surface area contributed by atoms with Crippen molar-refractivity contribution in [3.63, 3.8) is 0 Å².